The molecule has 4 rings (SSSR count). The number of piperidine rings is 1. The predicted octanol–water partition coefficient (Wildman–Crippen LogP) is 8.57. The number of Topliss-reactive ketones (excluding diaryl/α,β-unsaturated/α-hetero) is 2. The van der Waals surface area contributed by atoms with Crippen LogP contribution in [0.2, 0.25) is 0 Å². The van der Waals surface area contributed by atoms with Gasteiger partial charge in [0.25, 0.3) is 11.7 Å². The molecular formula is C52H82N4O11. The van der Waals surface area contributed by atoms with Gasteiger partial charge in [0, 0.05) is 63.0 Å². The van der Waals surface area contributed by atoms with Gasteiger partial charge >= 0.3 is 5.97 Å². The van der Waals surface area contributed by atoms with Crippen molar-refractivity contribution in [2.45, 2.75) is 187 Å². The molecule has 0 spiro atoms. The van der Waals surface area contributed by atoms with Crippen molar-refractivity contribution < 1.29 is 53.1 Å². The molecule has 2 N–H and O–H groups in total. The quantitative estimate of drug-likeness (QED) is 0.0617. The van der Waals surface area contributed by atoms with Crippen LogP contribution in [-0.4, -0.2) is 121 Å². The molecule has 1 aliphatic carbocycles. The molecule has 16 atom stereocenters. The number of cyclic esters (lactones) is 1. The Morgan fingerprint density at radius 3 is 2.30 bits per heavy atom. The fourth-order valence-electron chi connectivity index (χ4n) is 10.7. The highest BCUT2D eigenvalue weighted by atomic mass is 16.6. The number of methoxy groups -OCH3 is 3. The van der Waals surface area contributed by atoms with Crippen LogP contribution in [0.3, 0.4) is 0 Å². The van der Waals surface area contributed by atoms with Gasteiger partial charge in [-0.3, -0.25) is 14.4 Å². The fraction of sp³-hybridized carbons (Fsp3) is 0.769. The number of hydrogen-bond acceptors (Lipinski definition) is 12. The van der Waals surface area contributed by atoms with E-state index >= 15 is 0 Å². The van der Waals surface area contributed by atoms with Gasteiger partial charge in [0.05, 0.1) is 24.4 Å². The summed E-state index contributed by atoms with van der Waals surface area (Å²) in [5, 5.41) is 26.8. The molecule has 67 heavy (non-hydrogen) atoms. The molecule has 4 aliphatic rings. The summed E-state index contributed by atoms with van der Waals surface area (Å²) in [6, 6.07) is -1.77. The first-order valence-electron chi connectivity index (χ1n) is 24.8. The van der Waals surface area contributed by atoms with Crippen LogP contribution in [-0.2, 0) is 42.9 Å². The third kappa shape index (κ3) is 14.9. The number of ether oxygens (including phenoxy) is 5. The lowest BCUT2D eigenvalue weighted by molar-refractivity contribution is -0.265. The number of aliphatic hydroxyl groups is 2. The highest BCUT2D eigenvalue weighted by Gasteiger charge is 2.53. The molecule has 0 aromatic carbocycles. The Morgan fingerprint density at radius 1 is 0.896 bits per heavy atom. The zero-order valence-electron chi connectivity index (χ0n) is 42.2. The highest BCUT2D eigenvalue weighted by molar-refractivity contribution is 6.39. The van der Waals surface area contributed by atoms with E-state index in [4.69, 9.17) is 23.7 Å². The molecule has 2 saturated heterocycles. The van der Waals surface area contributed by atoms with Crippen molar-refractivity contribution in [3.63, 3.8) is 0 Å². The number of aliphatic hydroxyl groups excluding tert-OH is 1. The Bertz CT molecular complexity index is 1840. The minimum absolute atomic E-state index is 0.00411. The zero-order valence-corrected chi connectivity index (χ0v) is 42.2. The lowest BCUT2D eigenvalue weighted by Crippen LogP contribution is -2.61. The maximum atomic E-state index is 14.6. The summed E-state index contributed by atoms with van der Waals surface area (Å²) < 4.78 is 30.0. The number of nitrogens with zero attached hydrogens (tertiary/aromatic N) is 4. The number of azide groups is 1. The summed E-state index contributed by atoms with van der Waals surface area (Å²) in [6.45, 7) is 15.6. The number of carbonyl (C=O) groups excluding carboxylic acids is 4. The summed E-state index contributed by atoms with van der Waals surface area (Å²) in [5.74, 6) is -6.81. The molecule has 0 aromatic heterocycles. The van der Waals surface area contributed by atoms with Crippen LogP contribution >= 0.6 is 0 Å². The van der Waals surface area contributed by atoms with Crippen molar-refractivity contribution in [3.05, 3.63) is 58.0 Å². The molecule has 3 fully saturated rings. The van der Waals surface area contributed by atoms with Crippen molar-refractivity contribution in [2.75, 3.05) is 27.9 Å². The van der Waals surface area contributed by atoms with Crippen LogP contribution in [0.1, 0.15) is 132 Å². The molecule has 3 aliphatic heterocycles. The number of hydrogen-bond donors (Lipinski definition) is 2. The average molecular weight is 939 g/mol. The molecule has 2 bridgehead atoms. The lowest BCUT2D eigenvalue weighted by Gasteiger charge is -2.43. The largest absolute Gasteiger partial charge is 0.461 e. The standard InChI is InChI=1S/C52H82N4O11/c1-31-17-13-12-14-18-32(2)44(63-9)29-40-22-20-37(7)52(62,67-40)49(59)50(60)56-24-16-15-19-42(56)51(61)66-45(35(5)27-39-21-23-43(57)46(28-39)64-10)30-41(54-55-53)34(4)26-33(3)38(8)48(65-11)47(58)36(6)25-31/h12-14,17-18,26,31,34-46,48,57,62H,15-16,19-25,27-30H2,1-11H3/b14-12+,17-13+,32-18+,33-26+/t31-,34-,35-,36-,37-,38-,39+,40+,41+,42+,43-,44+,45+,46-,48-,52-/m1/s1. The molecule has 0 radical (unpaired) electrons. The SMILES string of the molecule is CO[C@H]1C[C@@H]2CC[C@@H](C)[C@@](O)(O2)C(=O)C(=O)N2CCCC[C@H]2C(=O)O[C@H]([C@H](C)C[C@@H]2CC[C@@H](O)[C@H](OC)C2)C[C@H](N=[N+]=[N-])[C@H](C)/C=C(\C)[C@@H](C)[C@@H](OC)C(=O)[C@H](C)C[C@H](C)/C=C/C=C/C=C/1C. The van der Waals surface area contributed by atoms with Gasteiger partial charge in [0.1, 0.15) is 18.2 Å². The Morgan fingerprint density at radius 2 is 1.63 bits per heavy atom. The molecule has 15 nitrogen and oxygen atoms in total. The van der Waals surface area contributed by atoms with E-state index in [9.17, 15) is 34.9 Å². The van der Waals surface area contributed by atoms with Crippen LogP contribution in [0.4, 0.5) is 0 Å². The summed E-state index contributed by atoms with van der Waals surface area (Å²) in [4.78, 5) is 61.6. The van der Waals surface area contributed by atoms with Crippen molar-refractivity contribution in [1.29, 1.82) is 0 Å². The second-order valence-corrected chi connectivity index (χ2v) is 20.3. The van der Waals surface area contributed by atoms with Gasteiger partial charge in [-0.05, 0) is 119 Å². The van der Waals surface area contributed by atoms with Crippen molar-refractivity contribution >= 4 is 23.4 Å². The molecule has 0 unspecified atom stereocenters. The van der Waals surface area contributed by atoms with Gasteiger partial charge in [0.15, 0.2) is 5.78 Å². The Kier molecular flexibility index (Phi) is 22.0. The maximum absolute atomic E-state index is 14.6. The van der Waals surface area contributed by atoms with Crippen LogP contribution in [0.25, 0.3) is 10.4 Å². The number of esters is 1. The molecule has 0 aromatic rings. The van der Waals surface area contributed by atoms with Crippen molar-refractivity contribution in [2.24, 2.45) is 46.5 Å². The first kappa shape index (κ1) is 55.9. The normalized spacial score (nSPS) is 40.5. The minimum atomic E-state index is -2.41. The predicted molar refractivity (Wildman–Crippen MR) is 256 cm³/mol. The number of rotatable bonds is 7. The number of amides is 1. The number of allylic oxidation sites excluding steroid dienone is 5. The van der Waals surface area contributed by atoms with Gasteiger partial charge in [-0.15, -0.1) is 0 Å². The van der Waals surface area contributed by atoms with E-state index in [1.807, 2.05) is 71.9 Å². The Balaban J connectivity index is 1.75. The summed E-state index contributed by atoms with van der Waals surface area (Å²) in [6.07, 6.45) is 14.5. The van der Waals surface area contributed by atoms with Crippen molar-refractivity contribution in [1.82, 2.24) is 4.90 Å². The summed E-state index contributed by atoms with van der Waals surface area (Å²) in [7, 11) is 4.73. The number of ketones is 2. The average Bonchev–Trinajstić information content (AvgIpc) is 3.30. The molecule has 3 heterocycles. The number of carbonyl (C=O) groups is 4. The van der Waals surface area contributed by atoms with Gasteiger partial charge in [-0.25, -0.2) is 4.79 Å². The zero-order chi connectivity index (χ0) is 49.6. The molecular weight excluding hydrogens is 857 g/mol. The minimum Gasteiger partial charge on any atom is -0.461 e. The van der Waals surface area contributed by atoms with Gasteiger partial charge in [-0.1, -0.05) is 88.7 Å². The van der Waals surface area contributed by atoms with E-state index in [0.29, 0.717) is 57.8 Å². The second-order valence-electron chi connectivity index (χ2n) is 20.3. The van der Waals surface area contributed by atoms with Crippen LogP contribution in [0.15, 0.2) is 52.7 Å². The lowest BCUT2D eigenvalue weighted by atomic mass is 9.78. The molecule has 15 heteroatoms. The van der Waals surface area contributed by atoms with E-state index < -0.39 is 72.0 Å². The van der Waals surface area contributed by atoms with Gasteiger partial charge < -0.3 is 38.8 Å². The van der Waals surface area contributed by atoms with Crippen LogP contribution in [0.5, 0.6) is 0 Å². The number of fused-ring (bicyclic) bond motifs is 3. The third-order valence-electron chi connectivity index (χ3n) is 15.3. The Labute approximate surface area is 399 Å². The van der Waals surface area contributed by atoms with Crippen LogP contribution in [0, 0.1) is 41.4 Å². The fourth-order valence-corrected chi connectivity index (χ4v) is 10.7. The molecule has 1 saturated carbocycles. The van der Waals surface area contributed by atoms with Gasteiger partial charge in [-0.2, -0.15) is 0 Å². The second kappa shape index (κ2) is 26.3. The first-order valence-corrected chi connectivity index (χ1v) is 24.8. The summed E-state index contributed by atoms with van der Waals surface area (Å²) >= 11 is 0. The van der Waals surface area contributed by atoms with E-state index in [-0.39, 0.29) is 66.8 Å². The van der Waals surface area contributed by atoms with E-state index in [1.54, 1.807) is 28.3 Å². The highest BCUT2D eigenvalue weighted by Crippen LogP contribution is 2.38. The monoisotopic (exact) mass is 939 g/mol. The van der Waals surface area contributed by atoms with E-state index in [0.717, 1.165) is 17.6 Å². The maximum Gasteiger partial charge on any atom is 0.329 e. The van der Waals surface area contributed by atoms with E-state index in [1.165, 1.54) is 4.90 Å². The molecule has 1 amide bonds. The Hall–Kier alpha value is -3.69. The van der Waals surface area contributed by atoms with Crippen molar-refractivity contribution in [3.8, 4) is 0 Å². The van der Waals surface area contributed by atoms with Gasteiger partial charge in [0.2, 0.25) is 5.79 Å². The topological polar surface area (TPSA) is 207 Å². The van der Waals surface area contributed by atoms with Crippen LogP contribution < -0.4 is 0 Å². The van der Waals surface area contributed by atoms with E-state index in [2.05, 4.69) is 23.0 Å². The molecule has 376 valence electrons. The third-order valence-corrected chi connectivity index (χ3v) is 15.3. The smallest absolute Gasteiger partial charge is 0.329 e. The first-order chi connectivity index (χ1) is 31.8. The summed E-state index contributed by atoms with van der Waals surface area (Å²) in [5.41, 5.74) is 11.7.